The molecule has 0 aliphatic carbocycles. The van der Waals surface area contributed by atoms with Crippen LogP contribution in [-0.4, -0.2) is 43.2 Å². The van der Waals surface area contributed by atoms with Crippen LogP contribution in [0.2, 0.25) is 0 Å². The molecule has 0 atom stereocenters. The molecule has 0 saturated carbocycles. The fourth-order valence-electron chi connectivity index (χ4n) is 2.26. The molecule has 0 aliphatic heterocycles. The Bertz CT molecular complexity index is 414. The number of rotatable bonds is 8. The van der Waals surface area contributed by atoms with Gasteiger partial charge in [-0.05, 0) is 32.4 Å². The molecule has 3 heteroatoms. The lowest BCUT2D eigenvalue weighted by molar-refractivity contribution is -0.923. The highest BCUT2D eigenvalue weighted by atomic mass is 16.5. The van der Waals surface area contributed by atoms with Crippen LogP contribution in [0, 0.1) is 0 Å². The summed E-state index contributed by atoms with van der Waals surface area (Å²) in [5.41, 5.74) is 1.00. The summed E-state index contributed by atoms with van der Waals surface area (Å²) in [6.07, 6.45) is 3.28. The number of carbonyl (C=O) groups is 1. The van der Waals surface area contributed by atoms with Gasteiger partial charge in [-0.15, -0.1) is 0 Å². The number of quaternary nitrogens is 1. The normalized spacial score (nSPS) is 11.8. The van der Waals surface area contributed by atoms with Crippen molar-refractivity contribution in [3.8, 4) is 0 Å². The van der Waals surface area contributed by atoms with Crippen LogP contribution < -0.4 is 0 Å². The van der Waals surface area contributed by atoms with E-state index >= 15 is 0 Å². The van der Waals surface area contributed by atoms with E-state index in [0.29, 0.717) is 6.61 Å². The van der Waals surface area contributed by atoms with Crippen molar-refractivity contribution in [2.24, 2.45) is 0 Å². The maximum absolute atomic E-state index is 11.7. The van der Waals surface area contributed by atoms with Gasteiger partial charge in [-0.1, -0.05) is 30.3 Å². The van der Waals surface area contributed by atoms with Crippen LogP contribution in [0.1, 0.15) is 26.3 Å². The first-order chi connectivity index (χ1) is 9.65. The molecular weight excluding hydrogens is 250 g/mol. The Balaban J connectivity index is 2.39. The molecule has 0 fully saturated rings. The zero-order chi connectivity index (χ0) is 14.8. The Morgan fingerprint density at radius 3 is 2.25 bits per heavy atom. The first-order valence-electron chi connectivity index (χ1n) is 7.40. The second-order valence-corrected chi connectivity index (χ2v) is 4.93. The van der Waals surface area contributed by atoms with Gasteiger partial charge in [-0.25, -0.2) is 4.79 Å². The molecule has 0 N–H and O–H groups in total. The monoisotopic (exact) mass is 276 g/mol. The second-order valence-electron chi connectivity index (χ2n) is 4.93. The SMILES string of the molecule is CC[N+](CC)(CC)CCOC(=O)/C=C/c1ccccc1. The largest absolute Gasteiger partial charge is 0.457 e. The molecule has 0 unspecified atom stereocenters. The number of esters is 1. The van der Waals surface area contributed by atoms with E-state index in [0.717, 1.165) is 36.2 Å². The third-order valence-electron chi connectivity index (χ3n) is 4.03. The number of likely N-dealkylation sites (N-methyl/N-ethyl adjacent to an activating group) is 1. The molecule has 110 valence electrons. The van der Waals surface area contributed by atoms with Gasteiger partial charge in [-0.3, -0.25) is 0 Å². The van der Waals surface area contributed by atoms with Gasteiger partial charge in [0.1, 0.15) is 13.2 Å². The zero-order valence-corrected chi connectivity index (χ0v) is 12.8. The standard InChI is InChI=1S/C17H26NO2/c1-4-18(5-2,6-3)14-15-20-17(19)13-12-16-10-8-7-9-11-16/h7-13H,4-6,14-15H2,1-3H3/q+1/b13-12+. The molecule has 0 radical (unpaired) electrons. The van der Waals surface area contributed by atoms with E-state index in [4.69, 9.17) is 4.74 Å². The van der Waals surface area contributed by atoms with E-state index < -0.39 is 0 Å². The predicted molar refractivity (Wildman–Crippen MR) is 83.2 cm³/mol. The van der Waals surface area contributed by atoms with E-state index in [1.807, 2.05) is 30.3 Å². The van der Waals surface area contributed by atoms with Crippen molar-refractivity contribution in [3.63, 3.8) is 0 Å². The minimum atomic E-state index is -0.268. The molecule has 0 spiro atoms. The van der Waals surface area contributed by atoms with Gasteiger partial charge in [-0.2, -0.15) is 0 Å². The smallest absolute Gasteiger partial charge is 0.330 e. The lowest BCUT2D eigenvalue weighted by Crippen LogP contribution is -2.49. The Morgan fingerprint density at radius 1 is 1.10 bits per heavy atom. The van der Waals surface area contributed by atoms with Gasteiger partial charge in [0.15, 0.2) is 0 Å². The highest BCUT2D eigenvalue weighted by Gasteiger charge is 2.20. The van der Waals surface area contributed by atoms with Gasteiger partial charge in [0.25, 0.3) is 0 Å². The summed E-state index contributed by atoms with van der Waals surface area (Å²) < 4.78 is 6.28. The fraction of sp³-hybridized carbons (Fsp3) is 0.471. The highest BCUT2D eigenvalue weighted by molar-refractivity contribution is 5.86. The summed E-state index contributed by atoms with van der Waals surface area (Å²) >= 11 is 0. The summed E-state index contributed by atoms with van der Waals surface area (Å²) in [6.45, 7) is 11.1. The maximum atomic E-state index is 11.7. The average Bonchev–Trinajstić information content (AvgIpc) is 2.51. The molecular formula is C17H26NO2+. The quantitative estimate of drug-likeness (QED) is 0.414. The molecule has 1 aromatic rings. The Morgan fingerprint density at radius 2 is 1.70 bits per heavy atom. The van der Waals surface area contributed by atoms with Gasteiger partial charge in [0, 0.05) is 6.08 Å². The van der Waals surface area contributed by atoms with Crippen molar-refractivity contribution >= 4 is 12.0 Å². The molecule has 0 aliphatic rings. The van der Waals surface area contributed by atoms with E-state index in [1.165, 1.54) is 6.08 Å². The molecule has 0 bridgehead atoms. The molecule has 1 aromatic carbocycles. The number of carbonyl (C=O) groups excluding carboxylic acids is 1. The molecule has 0 amide bonds. The average molecular weight is 276 g/mol. The fourth-order valence-corrected chi connectivity index (χ4v) is 2.26. The number of nitrogens with zero attached hydrogens (tertiary/aromatic N) is 1. The number of hydrogen-bond acceptors (Lipinski definition) is 2. The van der Waals surface area contributed by atoms with Crippen molar-refractivity contribution < 1.29 is 14.0 Å². The molecule has 0 heterocycles. The Hall–Kier alpha value is -1.61. The molecule has 20 heavy (non-hydrogen) atoms. The maximum Gasteiger partial charge on any atom is 0.330 e. The Kier molecular flexibility index (Phi) is 7.02. The van der Waals surface area contributed by atoms with Crippen molar-refractivity contribution in [2.75, 3.05) is 32.8 Å². The topological polar surface area (TPSA) is 26.3 Å². The van der Waals surface area contributed by atoms with Gasteiger partial charge in [0.2, 0.25) is 0 Å². The summed E-state index contributed by atoms with van der Waals surface area (Å²) in [4.78, 5) is 11.7. The number of benzene rings is 1. The van der Waals surface area contributed by atoms with E-state index in [2.05, 4.69) is 20.8 Å². The van der Waals surface area contributed by atoms with Crippen molar-refractivity contribution in [2.45, 2.75) is 20.8 Å². The number of hydrogen-bond donors (Lipinski definition) is 0. The van der Waals surface area contributed by atoms with Crippen LogP contribution in [-0.2, 0) is 9.53 Å². The first kappa shape index (κ1) is 16.4. The number of ether oxygens (including phenoxy) is 1. The van der Waals surface area contributed by atoms with Gasteiger partial charge in [0.05, 0.1) is 19.6 Å². The first-order valence-corrected chi connectivity index (χ1v) is 7.40. The van der Waals surface area contributed by atoms with Crippen LogP contribution in [0.3, 0.4) is 0 Å². The highest BCUT2D eigenvalue weighted by Crippen LogP contribution is 2.05. The summed E-state index contributed by atoms with van der Waals surface area (Å²) in [5.74, 6) is -0.268. The predicted octanol–water partition coefficient (Wildman–Crippen LogP) is 3.12. The molecule has 0 aromatic heterocycles. The molecule has 1 rings (SSSR count). The van der Waals surface area contributed by atoms with Crippen LogP contribution >= 0.6 is 0 Å². The lowest BCUT2D eigenvalue weighted by atomic mass is 10.2. The summed E-state index contributed by atoms with van der Waals surface area (Å²) in [6, 6.07) is 9.75. The third-order valence-corrected chi connectivity index (χ3v) is 4.03. The Labute approximate surface area is 122 Å². The van der Waals surface area contributed by atoms with E-state index in [9.17, 15) is 4.79 Å². The van der Waals surface area contributed by atoms with Gasteiger partial charge >= 0.3 is 5.97 Å². The summed E-state index contributed by atoms with van der Waals surface area (Å²) in [5, 5.41) is 0. The van der Waals surface area contributed by atoms with Crippen LogP contribution in [0.5, 0.6) is 0 Å². The minimum Gasteiger partial charge on any atom is -0.457 e. The van der Waals surface area contributed by atoms with Crippen molar-refractivity contribution in [3.05, 3.63) is 42.0 Å². The zero-order valence-electron chi connectivity index (χ0n) is 12.8. The van der Waals surface area contributed by atoms with Crippen molar-refractivity contribution in [1.29, 1.82) is 0 Å². The van der Waals surface area contributed by atoms with Crippen LogP contribution in [0.25, 0.3) is 6.08 Å². The van der Waals surface area contributed by atoms with Crippen LogP contribution in [0.15, 0.2) is 36.4 Å². The molecule has 0 saturated heterocycles. The molecule has 3 nitrogen and oxygen atoms in total. The summed E-state index contributed by atoms with van der Waals surface area (Å²) in [7, 11) is 0. The van der Waals surface area contributed by atoms with E-state index in [1.54, 1.807) is 6.08 Å². The van der Waals surface area contributed by atoms with E-state index in [-0.39, 0.29) is 5.97 Å². The van der Waals surface area contributed by atoms with Crippen molar-refractivity contribution in [1.82, 2.24) is 0 Å². The van der Waals surface area contributed by atoms with Gasteiger partial charge < -0.3 is 9.22 Å². The minimum absolute atomic E-state index is 0.268. The third kappa shape index (κ3) is 5.17. The van der Waals surface area contributed by atoms with Crippen LogP contribution in [0.4, 0.5) is 0 Å². The second kappa shape index (κ2) is 8.54. The lowest BCUT2D eigenvalue weighted by Gasteiger charge is -2.35.